The van der Waals surface area contributed by atoms with Crippen LogP contribution in [0.15, 0.2) is 166 Å². The van der Waals surface area contributed by atoms with E-state index in [1.165, 1.54) is 0 Å². The summed E-state index contributed by atoms with van der Waals surface area (Å²) in [6, 6.07) is 25.6. The Morgan fingerprint density at radius 3 is 1.73 bits per heavy atom. The SMILES string of the molecule is [2H]c1c([2H])c([2H])c(-c2nc(-c3c([2H])c([2H])c([2H])c([2H])c3[2H])nc(-c3cccc4oc5cc6oc7cc(-n8c9ccccc9c9ccccc98)ccc7c6cc5c34)n2)c([2H])c1[2H]. The molecule has 0 unspecified atom stereocenters. The van der Waals surface area contributed by atoms with Gasteiger partial charge in [-0.3, -0.25) is 0 Å². The van der Waals surface area contributed by atoms with Crippen molar-refractivity contribution in [1.29, 1.82) is 0 Å². The van der Waals surface area contributed by atoms with Gasteiger partial charge in [0.1, 0.15) is 22.3 Å². The lowest BCUT2D eigenvalue weighted by molar-refractivity contribution is 0.656. The summed E-state index contributed by atoms with van der Waals surface area (Å²) in [6.07, 6.45) is 0. The van der Waals surface area contributed by atoms with Gasteiger partial charge in [-0.05, 0) is 36.4 Å². The molecule has 0 N–H and O–H groups in total. The summed E-state index contributed by atoms with van der Waals surface area (Å²) in [5, 5.41) is 5.20. The maximum atomic E-state index is 8.71. The Balaban J connectivity index is 1.15. The number of furan rings is 2. The molecule has 0 atom stereocenters. The molecule has 4 aromatic heterocycles. The Kier molecular flexibility index (Phi) is 4.17. The zero-order valence-electron chi connectivity index (χ0n) is 36.3. The van der Waals surface area contributed by atoms with Crippen molar-refractivity contribution in [2.24, 2.45) is 0 Å². The molecule has 11 aromatic rings. The second kappa shape index (κ2) is 10.7. The number of rotatable bonds is 4. The van der Waals surface area contributed by atoms with Crippen molar-refractivity contribution in [3.63, 3.8) is 0 Å². The van der Waals surface area contributed by atoms with Crippen LogP contribution in [0.2, 0.25) is 0 Å². The van der Waals surface area contributed by atoms with Gasteiger partial charge in [-0.1, -0.05) is 109 Å². The van der Waals surface area contributed by atoms with Crippen molar-refractivity contribution in [3.05, 3.63) is 157 Å². The smallest absolute Gasteiger partial charge is 0.164 e. The van der Waals surface area contributed by atoms with Gasteiger partial charge >= 0.3 is 0 Å². The lowest BCUT2D eigenvalue weighted by Crippen LogP contribution is -2.00. The van der Waals surface area contributed by atoms with Crippen molar-refractivity contribution in [1.82, 2.24) is 19.5 Å². The third-order valence-electron chi connectivity index (χ3n) is 9.23. The third kappa shape index (κ3) is 4.26. The highest BCUT2D eigenvalue weighted by molar-refractivity contribution is 6.18. The van der Waals surface area contributed by atoms with Crippen molar-refractivity contribution in [3.8, 4) is 39.9 Å². The maximum absolute atomic E-state index is 8.71. The first kappa shape index (κ1) is 19.8. The zero-order chi connectivity index (χ0) is 42.2. The molecule has 0 aliphatic heterocycles. The van der Waals surface area contributed by atoms with Gasteiger partial charge in [-0.15, -0.1) is 0 Å². The highest BCUT2D eigenvalue weighted by Gasteiger charge is 2.20. The molecule has 51 heavy (non-hydrogen) atoms. The van der Waals surface area contributed by atoms with E-state index < -0.39 is 60.4 Å². The van der Waals surface area contributed by atoms with Crippen LogP contribution in [-0.4, -0.2) is 19.5 Å². The molecule has 6 heteroatoms. The summed E-state index contributed by atoms with van der Waals surface area (Å²) < 4.78 is 99.6. The second-order valence-corrected chi connectivity index (χ2v) is 12.1. The lowest BCUT2D eigenvalue weighted by Gasteiger charge is -2.09. The van der Waals surface area contributed by atoms with Crippen molar-refractivity contribution in [2.75, 3.05) is 0 Å². The number of nitrogens with zero attached hydrogens (tertiary/aromatic N) is 4. The van der Waals surface area contributed by atoms with Gasteiger partial charge in [0.2, 0.25) is 0 Å². The summed E-state index contributed by atoms with van der Waals surface area (Å²) in [4.78, 5) is 13.8. The van der Waals surface area contributed by atoms with E-state index in [4.69, 9.17) is 22.5 Å². The van der Waals surface area contributed by atoms with E-state index in [9.17, 15) is 0 Å². The number of para-hydroxylation sites is 2. The van der Waals surface area contributed by atoms with Crippen LogP contribution < -0.4 is 0 Å². The molecular formula is C45H26N4O2. The van der Waals surface area contributed by atoms with Crippen molar-refractivity contribution >= 4 is 65.7 Å². The Labute approximate surface area is 304 Å². The summed E-state index contributed by atoms with van der Waals surface area (Å²) in [5.41, 5.74) is 4.96. The van der Waals surface area contributed by atoms with Crippen LogP contribution in [0.3, 0.4) is 0 Å². The first-order valence-corrected chi connectivity index (χ1v) is 16.1. The predicted octanol–water partition coefficient (Wildman–Crippen LogP) is 11.8. The molecule has 0 aliphatic carbocycles. The number of hydrogen-bond donors (Lipinski definition) is 0. The van der Waals surface area contributed by atoms with E-state index in [1.54, 1.807) is 18.2 Å². The minimum Gasteiger partial charge on any atom is -0.456 e. The zero-order valence-corrected chi connectivity index (χ0v) is 26.3. The van der Waals surface area contributed by atoms with Crippen LogP contribution in [0.1, 0.15) is 13.7 Å². The number of hydrogen-bond acceptors (Lipinski definition) is 5. The summed E-state index contributed by atoms with van der Waals surface area (Å²) in [7, 11) is 0. The Hall–Kier alpha value is -7.05. The predicted molar refractivity (Wildman–Crippen MR) is 205 cm³/mol. The highest BCUT2D eigenvalue weighted by Crippen LogP contribution is 2.41. The van der Waals surface area contributed by atoms with E-state index in [-0.39, 0.29) is 28.6 Å². The van der Waals surface area contributed by atoms with Crippen molar-refractivity contribution in [2.45, 2.75) is 0 Å². The van der Waals surface area contributed by atoms with E-state index in [0.29, 0.717) is 38.7 Å². The number of benzene rings is 7. The molecule has 11 rings (SSSR count). The molecule has 4 heterocycles. The Morgan fingerprint density at radius 2 is 1.04 bits per heavy atom. The van der Waals surface area contributed by atoms with Crippen LogP contribution in [-0.2, 0) is 0 Å². The largest absolute Gasteiger partial charge is 0.456 e. The number of aromatic nitrogens is 4. The van der Waals surface area contributed by atoms with Gasteiger partial charge in [-0.25, -0.2) is 15.0 Å². The molecule has 0 spiro atoms. The quantitative estimate of drug-likeness (QED) is 0.187. The minimum atomic E-state index is -0.621. The number of fused-ring (bicyclic) bond motifs is 9. The topological polar surface area (TPSA) is 69.9 Å². The summed E-state index contributed by atoms with van der Waals surface area (Å²) in [5.74, 6) is -0.758. The van der Waals surface area contributed by atoms with Crippen LogP contribution in [0.25, 0.3) is 106 Å². The lowest BCUT2D eigenvalue weighted by atomic mass is 10.0. The molecule has 0 fully saturated rings. The Bertz CT molecular complexity index is 3550. The van der Waals surface area contributed by atoms with E-state index in [2.05, 4.69) is 49.9 Å². The fraction of sp³-hybridized carbons (Fsp3) is 0. The van der Waals surface area contributed by atoms with E-state index >= 15 is 0 Å². The maximum Gasteiger partial charge on any atom is 0.164 e. The molecule has 0 saturated heterocycles. The summed E-state index contributed by atoms with van der Waals surface area (Å²) >= 11 is 0. The molecule has 0 bridgehead atoms. The molecule has 0 aliphatic rings. The third-order valence-corrected chi connectivity index (χ3v) is 9.23. The Morgan fingerprint density at radius 1 is 0.451 bits per heavy atom. The minimum absolute atomic E-state index is 0.0557. The van der Waals surface area contributed by atoms with Gasteiger partial charge in [0.05, 0.1) is 24.7 Å². The fourth-order valence-corrected chi connectivity index (χ4v) is 7.05. The monoisotopic (exact) mass is 664 g/mol. The van der Waals surface area contributed by atoms with E-state index in [1.807, 2.05) is 48.5 Å². The average molecular weight is 665 g/mol. The first-order chi connectivity index (χ1) is 29.4. The van der Waals surface area contributed by atoms with Crippen LogP contribution in [0.4, 0.5) is 0 Å². The van der Waals surface area contributed by atoms with Crippen LogP contribution in [0, 0.1) is 0 Å². The molecule has 7 aromatic carbocycles. The molecular weight excluding hydrogens is 629 g/mol. The summed E-state index contributed by atoms with van der Waals surface area (Å²) in [6.45, 7) is 0. The van der Waals surface area contributed by atoms with E-state index in [0.717, 1.165) is 38.3 Å². The van der Waals surface area contributed by atoms with Crippen molar-refractivity contribution < 1.29 is 22.5 Å². The normalized spacial score (nSPS) is 14.7. The molecule has 0 radical (unpaired) electrons. The second-order valence-electron chi connectivity index (χ2n) is 12.1. The molecule has 238 valence electrons. The van der Waals surface area contributed by atoms with Crippen LogP contribution in [0.5, 0.6) is 0 Å². The fourth-order valence-electron chi connectivity index (χ4n) is 7.05. The standard InChI is InChI=1S/C45H26N4O2/c1-3-12-27(13-4-1)43-46-44(28-14-5-2-6-15-28)48-45(47-43)33-18-11-21-38-42(33)35-25-34-32-23-22-29(24-39(32)51-40(34)26-41(35)50-38)49-36-19-9-7-16-30(36)31-17-8-10-20-37(31)49/h1-26H/i1D,2D,3D,4D,5D,6D,12D,13D,14D,15D. The van der Waals surface area contributed by atoms with Gasteiger partial charge in [0, 0.05) is 66.8 Å². The van der Waals surface area contributed by atoms with Gasteiger partial charge in [-0.2, -0.15) is 0 Å². The van der Waals surface area contributed by atoms with Gasteiger partial charge in [0.25, 0.3) is 0 Å². The molecule has 6 nitrogen and oxygen atoms in total. The highest BCUT2D eigenvalue weighted by atomic mass is 16.3. The molecule has 0 amide bonds. The van der Waals surface area contributed by atoms with Gasteiger partial charge in [0.15, 0.2) is 17.5 Å². The average Bonchev–Trinajstić information content (AvgIpc) is 3.94. The molecule has 0 saturated carbocycles. The van der Waals surface area contributed by atoms with Crippen LogP contribution >= 0.6 is 0 Å². The van der Waals surface area contributed by atoms with Gasteiger partial charge < -0.3 is 13.4 Å². The first-order valence-electron chi connectivity index (χ1n) is 21.1.